The number of aromatic hydroxyl groups is 2. The minimum absolute atomic E-state index is 0.0228. The van der Waals surface area contributed by atoms with Gasteiger partial charge in [-0.2, -0.15) is 0 Å². The Labute approximate surface area is 293 Å². The maximum absolute atomic E-state index is 13.6. The van der Waals surface area contributed by atoms with Crippen LogP contribution in [0.15, 0.2) is 36.4 Å². The average Bonchev–Trinajstić information content (AvgIpc) is 3.11. The zero-order chi connectivity index (χ0) is 37.0. The summed E-state index contributed by atoms with van der Waals surface area (Å²) < 4.78 is 34.2. The average molecular weight is 714 g/mol. The fourth-order valence-electron chi connectivity index (χ4n) is 6.39. The van der Waals surface area contributed by atoms with Crippen LogP contribution < -0.4 is 24.3 Å². The van der Waals surface area contributed by atoms with Crippen molar-refractivity contribution in [2.75, 3.05) is 39.3 Å². The third-order valence-corrected chi connectivity index (χ3v) is 9.14. The third kappa shape index (κ3) is 7.28. The zero-order valence-corrected chi connectivity index (χ0v) is 28.7. The Morgan fingerprint density at radius 1 is 0.980 bits per heavy atom. The van der Waals surface area contributed by atoms with Crippen LogP contribution in [0, 0.1) is 0 Å². The lowest BCUT2D eigenvalue weighted by atomic mass is 9.81. The highest BCUT2D eigenvalue weighted by Gasteiger charge is 2.56. The van der Waals surface area contributed by atoms with Crippen LogP contribution in [0.4, 0.5) is 5.69 Å². The number of rotatable bonds is 12. The second-order valence-corrected chi connectivity index (χ2v) is 12.2. The molecule has 0 radical (unpaired) electrons. The number of cyclic esters (lactones) is 1. The Morgan fingerprint density at radius 3 is 2.39 bits per heavy atom. The molecule has 2 heterocycles. The first kappa shape index (κ1) is 37.3. The minimum atomic E-state index is -1.88. The maximum Gasteiger partial charge on any atom is 0.342 e. The summed E-state index contributed by atoms with van der Waals surface area (Å²) in [7, 11) is 2.54. The number of carboxylic acid groups (broad SMARTS) is 1. The number of carbonyl (C=O) groups excluding carboxylic acids is 1. The largest absolute Gasteiger partial charge is 0.504 e. The SMILES string of the molecule is CCNc1cc(O[C@@H]2O[C@@]3(CCc4c(OC)c(O)c(OCCc5cccc(CC)c5)c(O)c4C(=O)OC3)[C@@H](O)[C@H](O)[C@H]2O)c(OC)cc1C(=O)O. The number of aryl methyl sites for hydroxylation is 1. The van der Waals surface area contributed by atoms with E-state index in [1.165, 1.54) is 26.4 Å². The van der Waals surface area contributed by atoms with Crippen molar-refractivity contribution in [3.05, 3.63) is 64.2 Å². The summed E-state index contributed by atoms with van der Waals surface area (Å²) in [5.41, 5.74) is 0.00758. The van der Waals surface area contributed by atoms with Crippen molar-refractivity contribution in [3.8, 4) is 34.5 Å². The Hall–Kier alpha value is -4.96. The van der Waals surface area contributed by atoms with Gasteiger partial charge in [0.15, 0.2) is 23.0 Å². The second-order valence-electron chi connectivity index (χ2n) is 12.2. The molecular formula is C36H43NO14. The van der Waals surface area contributed by atoms with Gasteiger partial charge in [-0.15, -0.1) is 0 Å². The van der Waals surface area contributed by atoms with E-state index in [0.29, 0.717) is 13.0 Å². The first-order valence-electron chi connectivity index (χ1n) is 16.5. The van der Waals surface area contributed by atoms with Crippen molar-refractivity contribution in [3.63, 3.8) is 0 Å². The lowest BCUT2D eigenvalue weighted by molar-refractivity contribution is -0.320. The fourth-order valence-corrected chi connectivity index (χ4v) is 6.39. The molecule has 1 saturated heterocycles. The lowest BCUT2D eigenvalue weighted by Gasteiger charge is -2.48. The van der Waals surface area contributed by atoms with E-state index in [1.54, 1.807) is 6.92 Å². The third-order valence-electron chi connectivity index (χ3n) is 9.14. The van der Waals surface area contributed by atoms with E-state index in [1.807, 2.05) is 31.2 Å². The van der Waals surface area contributed by atoms with Crippen LogP contribution in [0.1, 0.15) is 57.7 Å². The summed E-state index contributed by atoms with van der Waals surface area (Å²) in [4.78, 5) is 25.4. The number of fused-ring (bicyclic) bond motifs is 1. The van der Waals surface area contributed by atoms with Gasteiger partial charge in [0.05, 0.1) is 32.1 Å². The van der Waals surface area contributed by atoms with Crippen LogP contribution in [0.5, 0.6) is 34.5 Å². The number of phenolic OH excluding ortho intramolecular Hbond substituents is 2. The van der Waals surface area contributed by atoms with E-state index in [9.17, 15) is 40.2 Å². The Kier molecular flexibility index (Phi) is 11.3. The van der Waals surface area contributed by atoms with Crippen LogP contribution in [-0.4, -0.2) is 107 Å². The first-order chi connectivity index (χ1) is 24.4. The number of aliphatic hydroxyl groups excluding tert-OH is 3. The number of carbonyl (C=O) groups is 2. The predicted octanol–water partition coefficient (Wildman–Crippen LogP) is 2.79. The molecule has 3 aromatic carbocycles. The van der Waals surface area contributed by atoms with Crippen LogP contribution in [0.25, 0.3) is 0 Å². The van der Waals surface area contributed by atoms with Crippen molar-refractivity contribution in [2.45, 2.75) is 69.7 Å². The second kappa shape index (κ2) is 15.5. The van der Waals surface area contributed by atoms with Gasteiger partial charge in [-0.05, 0) is 37.3 Å². The minimum Gasteiger partial charge on any atom is -0.504 e. The highest BCUT2D eigenvalue weighted by atomic mass is 16.7. The van der Waals surface area contributed by atoms with Gasteiger partial charge in [0.2, 0.25) is 17.8 Å². The summed E-state index contributed by atoms with van der Waals surface area (Å²) in [5, 5.41) is 68.2. The highest BCUT2D eigenvalue weighted by molar-refractivity contribution is 5.97. The number of nitrogens with one attached hydrogen (secondary N) is 1. The van der Waals surface area contributed by atoms with Crippen molar-refractivity contribution < 1.29 is 68.6 Å². The van der Waals surface area contributed by atoms with E-state index in [2.05, 4.69) is 5.32 Å². The van der Waals surface area contributed by atoms with Gasteiger partial charge in [-0.25, -0.2) is 9.59 Å². The summed E-state index contributed by atoms with van der Waals surface area (Å²) in [6, 6.07) is 10.4. The molecule has 15 nitrogen and oxygen atoms in total. The van der Waals surface area contributed by atoms with E-state index in [-0.39, 0.29) is 64.8 Å². The van der Waals surface area contributed by atoms with Gasteiger partial charge in [0, 0.05) is 30.7 Å². The predicted molar refractivity (Wildman–Crippen MR) is 180 cm³/mol. The molecule has 0 unspecified atom stereocenters. The molecule has 51 heavy (non-hydrogen) atoms. The molecule has 1 spiro atoms. The molecule has 7 N–H and O–H groups in total. The molecule has 5 atom stereocenters. The van der Waals surface area contributed by atoms with Gasteiger partial charge in [0.25, 0.3) is 0 Å². The number of benzene rings is 3. The molecule has 0 amide bonds. The fraction of sp³-hybridized carbons (Fsp3) is 0.444. The summed E-state index contributed by atoms with van der Waals surface area (Å²) in [6.07, 6.45) is -6.24. The molecular weight excluding hydrogens is 670 g/mol. The normalized spacial score (nSPS) is 23.0. The van der Waals surface area contributed by atoms with Crippen LogP contribution in [-0.2, 0) is 28.7 Å². The van der Waals surface area contributed by atoms with Gasteiger partial charge in [-0.3, -0.25) is 0 Å². The topological polar surface area (TPSA) is 223 Å². The number of esters is 1. The first-order valence-corrected chi connectivity index (χ1v) is 16.5. The number of ether oxygens (including phenoxy) is 6. The van der Waals surface area contributed by atoms with Crippen molar-refractivity contribution in [2.24, 2.45) is 0 Å². The Bertz CT molecular complexity index is 1760. The summed E-state index contributed by atoms with van der Waals surface area (Å²) >= 11 is 0. The Balaban J connectivity index is 1.44. The van der Waals surface area contributed by atoms with Crippen molar-refractivity contribution in [1.82, 2.24) is 0 Å². The number of carboxylic acids is 1. The zero-order valence-electron chi connectivity index (χ0n) is 28.7. The molecule has 0 bridgehead atoms. The molecule has 3 aromatic rings. The summed E-state index contributed by atoms with van der Waals surface area (Å²) in [5.74, 6) is -4.16. The number of hydrogen-bond donors (Lipinski definition) is 7. The Morgan fingerprint density at radius 2 is 1.73 bits per heavy atom. The van der Waals surface area contributed by atoms with Crippen molar-refractivity contribution in [1.29, 1.82) is 0 Å². The van der Waals surface area contributed by atoms with Crippen LogP contribution in [0.2, 0.25) is 0 Å². The molecule has 2 aliphatic heterocycles. The van der Waals surface area contributed by atoms with E-state index < -0.39 is 60.2 Å². The van der Waals surface area contributed by atoms with Crippen LogP contribution in [0.3, 0.4) is 0 Å². The molecule has 276 valence electrons. The van der Waals surface area contributed by atoms with Gasteiger partial charge < -0.3 is 64.4 Å². The van der Waals surface area contributed by atoms with E-state index in [4.69, 9.17) is 28.4 Å². The highest BCUT2D eigenvalue weighted by Crippen LogP contribution is 2.51. The molecule has 0 aromatic heterocycles. The van der Waals surface area contributed by atoms with Crippen molar-refractivity contribution >= 4 is 17.6 Å². The van der Waals surface area contributed by atoms with Gasteiger partial charge in [0.1, 0.15) is 36.1 Å². The molecule has 5 rings (SSSR count). The van der Waals surface area contributed by atoms with Gasteiger partial charge >= 0.3 is 11.9 Å². The number of anilines is 1. The molecule has 0 saturated carbocycles. The number of aromatic carboxylic acids is 1. The number of methoxy groups -OCH3 is 2. The molecule has 1 fully saturated rings. The summed E-state index contributed by atoms with van der Waals surface area (Å²) in [6.45, 7) is 3.56. The molecule has 0 aliphatic carbocycles. The van der Waals surface area contributed by atoms with E-state index in [0.717, 1.165) is 17.5 Å². The lowest BCUT2D eigenvalue weighted by Crippen LogP contribution is -2.67. The standard InChI is InChI=1S/C36H43NO14/c1-5-18-8-7-9-19(14-18)11-13-48-31-26(38)25-20(30(47-4)29(31)41)10-12-36(17-49-34(25)45)32(42)27(39)28(40)35(51-36)50-24-16-22(37-6-2)21(33(43)44)15-23(24)46-3/h7-9,14-16,27-28,32,35,37-42H,5-6,10-13,17H2,1-4H3,(H,43,44)/t27-,28-,32+,35-,36-/m1/s1. The van der Waals surface area contributed by atoms with Crippen LogP contribution >= 0.6 is 0 Å². The number of phenols is 2. The monoisotopic (exact) mass is 713 g/mol. The quantitative estimate of drug-likeness (QED) is 0.134. The number of hydrogen-bond acceptors (Lipinski definition) is 14. The maximum atomic E-state index is 13.6. The smallest absolute Gasteiger partial charge is 0.342 e. The van der Waals surface area contributed by atoms with Gasteiger partial charge in [-0.1, -0.05) is 31.2 Å². The molecule has 15 heteroatoms. The van der Waals surface area contributed by atoms with E-state index >= 15 is 0 Å². The number of aliphatic hydroxyl groups is 3. The molecule has 2 aliphatic rings.